The largest absolute Gasteiger partial charge is 0.351 e. The van der Waals surface area contributed by atoms with Crippen molar-refractivity contribution in [1.82, 2.24) is 14.9 Å². The number of amides is 2. The van der Waals surface area contributed by atoms with E-state index >= 15 is 0 Å². The number of hydrogen-bond donors (Lipinski definition) is 1. The lowest BCUT2D eigenvalue weighted by Gasteiger charge is -2.34. The Kier molecular flexibility index (Phi) is 6.65. The van der Waals surface area contributed by atoms with Crippen molar-refractivity contribution in [2.45, 2.75) is 58.5 Å². The zero-order chi connectivity index (χ0) is 22.7. The molecule has 3 aromatic rings. The molecule has 1 fully saturated rings. The number of aryl methyl sites for hydroxylation is 3. The first-order valence-corrected chi connectivity index (χ1v) is 11.8. The summed E-state index contributed by atoms with van der Waals surface area (Å²) in [6, 6.07) is 12.9. The Morgan fingerprint density at radius 1 is 1.06 bits per heavy atom. The standard InChI is InChI=1S/C25H28N4O2S/c1-16-13-17(2)22(18(3)14-16)29(25(31)21-15-32-28-27-21)23(19-9-5-4-6-10-19)24(30)26-20-11-7-8-12-20/h4-6,9-10,13-15,20,23H,7-8,11-12H2,1-3H3,(H,26,30)/t23-/m0/s1. The maximum Gasteiger partial charge on any atom is 0.280 e. The molecule has 0 aliphatic heterocycles. The molecule has 1 aliphatic carbocycles. The second-order valence-corrected chi connectivity index (χ2v) is 9.13. The molecule has 6 nitrogen and oxygen atoms in total. The predicted molar refractivity (Wildman–Crippen MR) is 127 cm³/mol. The van der Waals surface area contributed by atoms with Gasteiger partial charge in [0, 0.05) is 11.4 Å². The van der Waals surface area contributed by atoms with Crippen LogP contribution in [0.3, 0.4) is 0 Å². The van der Waals surface area contributed by atoms with Crippen LogP contribution in [0.2, 0.25) is 0 Å². The molecule has 0 radical (unpaired) electrons. The van der Waals surface area contributed by atoms with Crippen molar-refractivity contribution in [3.8, 4) is 0 Å². The van der Waals surface area contributed by atoms with Gasteiger partial charge in [-0.15, -0.1) is 5.10 Å². The molecule has 1 atom stereocenters. The Bertz CT molecular complexity index is 1070. The van der Waals surface area contributed by atoms with Gasteiger partial charge in [-0.05, 0) is 61.8 Å². The number of nitrogens with zero attached hydrogens (tertiary/aromatic N) is 3. The third kappa shape index (κ3) is 4.58. The van der Waals surface area contributed by atoms with Crippen molar-refractivity contribution >= 4 is 29.0 Å². The summed E-state index contributed by atoms with van der Waals surface area (Å²) in [4.78, 5) is 29.2. The number of carbonyl (C=O) groups excluding carboxylic acids is 2. The first kappa shape index (κ1) is 22.1. The zero-order valence-electron chi connectivity index (χ0n) is 18.7. The Balaban J connectivity index is 1.86. The maximum absolute atomic E-state index is 13.8. The van der Waals surface area contributed by atoms with Gasteiger partial charge in [0.1, 0.15) is 6.04 Å². The van der Waals surface area contributed by atoms with Gasteiger partial charge in [0.2, 0.25) is 5.91 Å². The predicted octanol–water partition coefficient (Wildman–Crippen LogP) is 4.91. The Labute approximate surface area is 192 Å². The van der Waals surface area contributed by atoms with E-state index in [1.807, 2.05) is 63.2 Å². The van der Waals surface area contributed by atoms with E-state index in [9.17, 15) is 9.59 Å². The molecule has 0 bridgehead atoms. The van der Waals surface area contributed by atoms with Gasteiger partial charge in [-0.2, -0.15) is 0 Å². The second kappa shape index (κ2) is 9.61. The fourth-order valence-corrected chi connectivity index (χ4v) is 5.11. The molecular weight excluding hydrogens is 420 g/mol. The zero-order valence-corrected chi connectivity index (χ0v) is 19.5. The molecule has 0 saturated heterocycles. The minimum absolute atomic E-state index is 0.145. The number of hydrogen-bond acceptors (Lipinski definition) is 5. The van der Waals surface area contributed by atoms with Crippen LogP contribution in [0, 0.1) is 20.8 Å². The number of anilines is 1. The third-order valence-corrected chi connectivity index (χ3v) is 6.50. The number of nitrogens with one attached hydrogen (secondary N) is 1. The summed E-state index contributed by atoms with van der Waals surface area (Å²) in [5.74, 6) is -0.497. The van der Waals surface area contributed by atoms with Crippen molar-refractivity contribution in [3.63, 3.8) is 0 Å². The highest BCUT2D eigenvalue weighted by molar-refractivity contribution is 7.03. The fourth-order valence-electron chi connectivity index (χ4n) is 4.68. The first-order chi connectivity index (χ1) is 15.5. The maximum atomic E-state index is 13.8. The van der Waals surface area contributed by atoms with E-state index in [1.165, 1.54) is 0 Å². The average molecular weight is 449 g/mol. The minimum atomic E-state index is -0.814. The van der Waals surface area contributed by atoms with Crippen LogP contribution < -0.4 is 10.2 Å². The van der Waals surface area contributed by atoms with E-state index in [0.717, 1.165) is 65.2 Å². The highest BCUT2D eigenvalue weighted by Crippen LogP contribution is 2.35. The van der Waals surface area contributed by atoms with Crippen LogP contribution in [0.5, 0.6) is 0 Å². The summed E-state index contributed by atoms with van der Waals surface area (Å²) in [6.45, 7) is 5.99. The summed E-state index contributed by atoms with van der Waals surface area (Å²) in [5.41, 5.74) is 4.73. The topological polar surface area (TPSA) is 75.2 Å². The van der Waals surface area contributed by atoms with Crippen LogP contribution >= 0.6 is 11.5 Å². The van der Waals surface area contributed by atoms with Gasteiger partial charge in [-0.25, -0.2) is 0 Å². The molecule has 4 rings (SSSR count). The summed E-state index contributed by atoms with van der Waals surface area (Å²) in [6.07, 6.45) is 4.17. The van der Waals surface area contributed by atoms with E-state index in [-0.39, 0.29) is 23.6 Å². The smallest absolute Gasteiger partial charge is 0.280 e. The molecule has 166 valence electrons. The van der Waals surface area contributed by atoms with Crippen LogP contribution in [-0.2, 0) is 4.79 Å². The number of benzene rings is 2. The van der Waals surface area contributed by atoms with E-state index < -0.39 is 6.04 Å². The molecule has 2 amide bonds. The molecule has 1 heterocycles. The average Bonchev–Trinajstić information content (AvgIpc) is 3.47. The van der Waals surface area contributed by atoms with Crippen LogP contribution in [0.15, 0.2) is 47.8 Å². The number of carbonyl (C=O) groups is 2. The van der Waals surface area contributed by atoms with Crippen molar-refractivity contribution in [2.24, 2.45) is 0 Å². The van der Waals surface area contributed by atoms with Crippen LogP contribution in [0.1, 0.15) is 64.5 Å². The number of aromatic nitrogens is 2. The normalized spacial score (nSPS) is 14.8. The Morgan fingerprint density at radius 2 is 1.72 bits per heavy atom. The summed E-state index contributed by atoms with van der Waals surface area (Å²) in [7, 11) is 0. The van der Waals surface area contributed by atoms with Crippen LogP contribution in [-0.4, -0.2) is 27.4 Å². The van der Waals surface area contributed by atoms with Crippen LogP contribution in [0.25, 0.3) is 0 Å². The molecule has 0 unspecified atom stereocenters. The molecule has 2 aromatic carbocycles. The summed E-state index contributed by atoms with van der Waals surface area (Å²) >= 11 is 1.12. The Morgan fingerprint density at radius 3 is 2.31 bits per heavy atom. The molecule has 7 heteroatoms. The van der Waals surface area contributed by atoms with Gasteiger partial charge in [0.05, 0.1) is 5.69 Å². The highest BCUT2D eigenvalue weighted by atomic mass is 32.1. The molecule has 0 spiro atoms. The van der Waals surface area contributed by atoms with Gasteiger partial charge in [0.25, 0.3) is 5.91 Å². The molecule has 1 N–H and O–H groups in total. The third-order valence-electron chi connectivity index (χ3n) is 6.00. The lowest BCUT2D eigenvalue weighted by Crippen LogP contribution is -2.47. The van der Waals surface area contributed by atoms with Crippen LogP contribution in [0.4, 0.5) is 5.69 Å². The van der Waals surface area contributed by atoms with Crippen molar-refractivity contribution < 1.29 is 9.59 Å². The van der Waals surface area contributed by atoms with Gasteiger partial charge in [-0.3, -0.25) is 14.5 Å². The van der Waals surface area contributed by atoms with E-state index in [0.29, 0.717) is 0 Å². The highest BCUT2D eigenvalue weighted by Gasteiger charge is 2.37. The summed E-state index contributed by atoms with van der Waals surface area (Å²) in [5, 5.41) is 8.87. The lowest BCUT2D eigenvalue weighted by atomic mass is 9.98. The number of rotatable bonds is 6. The lowest BCUT2D eigenvalue weighted by molar-refractivity contribution is -0.123. The molecule has 32 heavy (non-hydrogen) atoms. The molecule has 1 aromatic heterocycles. The van der Waals surface area contributed by atoms with Gasteiger partial charge in [-0.1, -0.05) is 65.4 Å². The second-order valence-electron chi connectivity index (χ2n) is 8.52. The van der Waals surface area contributed by atoms with E-state index in [1.54, 1.807) is 10.3 Å². The molecule has 1 aliphatic rings. The van der Waals surface area contributed by atoms with Crippen molar-refractivity contribution in [2.75, 3.05) is 4.90 Å². The van der Waals surface area contributed by atoms with Crippen molar-refractivity contribution in [1.29, 1.82) is 0 Å². The Hall–Kier alpha value is -3.06. The first-order valence-electron chi connectivity index (χ1n) is 11.0. The molecule has 1 saturated carbocycles. The minimum Gasteiger partial charge on any atom is -0.351 e. The van der Waals surface area contributed by atoms with Crippen molar-refractivity contribution in [3.05, 3.63) is 75.8 Å². The summed E-state index contributed by atoms with van der Waals surface area (Å²) < 4.78 is 3.88. The van der Waals surface area contributed by atoms with E-state index in [4.69, 9.17) is 0 Å². The van der Waals surface area contributed by atoms with Gasteiger partial charge >= 0.3 is 0 Å². The SMILES string of the molecule is Cc1cc(C)c(N(C(=O)c2csnn2)[C@H](C(=O)NC2CCCC2)c2ccccc2)c(C)c1. The van der Waals surface area contributed by atoms with E-state index in [2.05, 4.69) is 14.9 Å². The quantitative estimate of drug-likeness (QED) is 0.581. The molecular formula is C25H28N4O2S. The van der Waals surface area contributed by atoms with Gasteiger partial charge in [0.15, 0.2) is 5.69 Å². The van der Waals surface area contributed by atoms with Gasteiger partial charge < -0.3 is 5.32 Å². The monoisotopic (exact) mass is 448 g/mol. The fraction of sp³-hybridized carbons (Fsp3) is 0.360.